The molecule has 0 saturated carbocycles. The third-order valence-electron chi connectivity index (χ3n) is 6.84. The lowest BCUT2D eigenvalue weighted by Gasteiger charge is -2.43. The molecule has 2 fully saturated rings. The number of hydrazine groups is 1. The second-order valence-electron chi connectivity index (χ2n) is 10.1. The smallest absolute Gasteiger partial charge is 0.404 e. The number of nitrogens with zero attached hydrogens (tertiary/aromatic N) is 2. The Hall–Kier alpha value is -3.48. The van der Waals surface area contributed by atoms with Gasteiger partial charge in [-0.05, 0) is 43.4 Å². The number of amides is 5. The van der Waals surface area contributed by atoms with Crippen LogP contribution in [0.15, 0.2) is 24.3 Å². The summed E-state index contributed by atoms with van der Waals surface area (Å²) in [5.74, 6) is -2.45. The highest BCUT2D eigenvalue weighted by Gasteiger charge is 2.44. The van der Waals surface area contributed by atoms with Gasteiger partial charge in [-0.1, -0.05) is 31.9 Å². The highest BCUT2D eigenvalue weighted by atomic mass is 31.2. The summed E-state index contributed by atoms with van der Waals surface area (Å²) in [5.41, 5.74) is 0.543. The Kier molecular flexibility index (Phi) is 11.3. The molecule has 5 N–H and O–H groups in total. The van der Waals surface area contributed by atoms with Gasteiger partial charge in [0, 0.05) is 32.9 Å². The first-order valence-electron chi connectivity index (χ1n) is 13.7. The van der Waals surface area contributed by atoms with Crippen LogP contribution in [0.3, 0.4) is 0 Å². The first-order valence-corrected chi connectivity index (χ1v) is 15.2. The molecular formula is C26H38N5O9P. The Balaban J connectivity index is 1.74. The van der Waals surface area contributed by atoms with Crippen LogP contribution in [0.4, 0.5) is 0 Å². The zero-order valence-corrected chi connectivity index (χ0v) is 24.1. The summed E-state index contributed by atoms with van der Waals surface area (Å²) in [5, 5.41) is 10.6. The third kappa shape index (κ3) is 9.27. The van der Waals surface area contributed by atoms with E-state index in [0.29, 0.717) is 31.5 Å². The van der Waals surface area contributed by atoms with Crippen LogP contribution in [0, 0.1) is 0 Å². The molecule has 1 aromatic rings. The minimum Gasteiger partial charge on any atom is -0.404 e. The van der Waals surface area contributed by atoms with Gasteiger partial charge in [-0.15, -0.1) is 0 Å². The Bertz CT molecular complexity index is 1170. The number of carbonyl (C=O) groups excluding carboxylic acids is 5. The first kappa shape index (κ1) is 32.0. The van der Waals surface area contributed by atoms with Crippen LogP contribution in [0.1, 0.15) is 64.4 Å². The van der Waals surface area contributed by atoms with Gasteiger partial charge in [0.1, 0.15) is 23.9 Å². The number of unbranched alkanes of at least 4 members (excludes halogenated alkanes) is 2. The fourth-order valence-electron chi connectivity index (χ4n) is 4.90. The van der Waals surface area contributed by atoms with Crippen LogP contribution in [-0.4, -0.2) is 80.6 Å². The molecule has 0 bridgehead atoms. The van der Waals surface area contributed by atoms with Crippen molar-refractivity contribution in [2.75, 3.05) is 13.1 Å². The molecule has 0 spiro atoms. The largest absolute Gasteiger partial charge is 0.524 e. The van der Waals surface area contributed by atoms with Crippen molar-refractivity contribution in [2.24, 2.45) is 0 Å². The molecule has 2 aliphatic rings. The van der Waals surface area contributed by atoms with E-state index >= 15 is 0 Å². The van der Waals surface area contributed by atoms with Crippen molar-refractivity contribution in [3.05, 3.63) is 29.8 Å². The maximum Gasteiger partial charge on any atom is 0.524 e. The molecule has 2 saturated heterocycles. The van der Waals surface area contributed by atoms with E-state index in [1.165, 1.54) is 41.2 Å². The Morgan fingerprint density at radius 1 is 1.12 bits per heavy atom. The summed E-state index contributed by atoms with van der Waals surface area (Å²) >= 11 is 0. The lowest BCUT2D eigenvalue weighted by molar-refractivity contribution is -0.176. The number of carbonyl (C=O) groups is 5. The summed E-state index contributed by atoms with van der Waals surface area (Å²) in [6.45, 7) is 4.04. The second kappa shape index (κ2) is 14.4. The van der Waals surface area contributed by atoms with Gasteiger partial charge in [0.25, 0.3) is 5.91 Å². The van der Waals surface area contributed by atoms with Crippen molar-refractivity contribution in [1.82, 2.24) is 26.0 Å². The van der Waals surface area contributed by atoms with Gasteiger partial charge < -0.3 is 20.5 Å². The van der Waals surface area contributed by atoms with Crippen molar-refractivity contribution in [3.63, 3.8) is 0 Å². The zero-order chi connectivity index (χ0) is 30.2. The zero-order valence-electron chi connectivity index (χ0n) is 23.2. The fourth-order valence-corrected chi connectivity index (χ4v) is 5.29. The molecule has 14 nitrogen and oxygen atoms in total. The summed E-state index contributed by atoms with van der Waals surface area (Å²) in [7, 11) is -4.74. The molecule has 15 heteroatoms. The van der Waals surface area contributed by atoms with Crippen LogP contribution in [0.25, 0.3) is 0 Å². The SMILES string of the molecule is CCCCCNC(=O)[C@@H]1CCCN2C(=O)CC[C@H](NC(=O)[C@H](Cc3ccc(OP(=O)(O)O)cc3)NC(C)=O)C(=O)N12. The van der Waals surface area contributed by atoms with Crippen LogP contribution < -0.4 is 20.5 Å². The average Bonchev–Trinajstić information content (AvgIpc) is 3.02. The van der Waals surface area contributed by atoms with Gasteiger partial charge >= 0.3 is 7.82 Å². The summed E-state index contributed by atoms with van der Waals surface area (Å²) in [6.07, 6.45) is 3.70. The van der Waals surface area contributed by atoms with E-state index in [0.717, 1.165) is 19.3 Å². The molecule has 0 radical (unpaired) electrons. The highest BCUT2D eigenvalue weighted by Crippen LogP contribution is 2.37. The van der Waals surface area contributed by atoms with E-state index in [4.69, 9.17) is 9.79 Å². The standard InChI is InChI=1S/C26H38N5O9P/c1-3-4-5-14-27-25(35)22-7-6-15-30-23(33)13-12-20(26(36)31(22)30)29-24(34)21(28-17(2)32)16-18-8-10-19(11-9-18)40-41(37,38)39/h8-11,20-22H,3-7,12-16H2,1-2H3,(H,27,35)(H,28,32)(H,29,34)(H2,37,38,39)/t20-,21-,22-/m0/s1. The normalized spacial score (nSPS) is 20.0. The summed E-state index contributed by atoms with van der Waals surface area (Å²) in [6, 6.07) is 2.53. The summed E-state index contributed by atoms with van der Waals surface area (Å²) < 4.78 is 15.6. The molecule has 3 atom stereocenters. The monoisotopic (exact) mass is 595 g/mol. The molecule has 226 valence electrons. The van der Waals surface area contributed by atoms with Crippen LogP contribution in [0.2, 0.25) is 0 Å². The van der Waals surface area contributed by atoms with Crippen molar-refractivity contribution >= 4 is 37.4 Å². The number of phosphoric acid groups is 1. The van der Waals surface area contributed by atoms with Gasteiger partial charge in [-0.3, -0.25) is 38.8 Å². The summed E-state index contributed by atoms with van der Waals surface area (Å²) in [4.78, 5) is 82.7. The Morgan fingerprint density at radius 2 is 1.83 bits per heavy atom. The maximum atomic E-state index is 13.7. The van der Waals surface area contributed by atoms with E-state index in [1.807, 2.05) is 6.92 Å². The molecule has 0 unspecified atom stereocenters. The lowest BCUT2D eigenvalue weighted by atomic mass is 10.0. The van der Waals surface area contributed by atoms with Gasteiger partial charge in [-0.25, -0.2) is 9.57 Å². The van der Waals surface area contributed by atoms with Crippen molar-refractivity contribution in [1.29, 1.82) is 0 Å². The number of nitrogens with one attached hydrogen (secondary N) is 3. The van der Waals surface area contributed by atoms with Gasteiger partial charge in [0.2, 0.25) is 23.6 Å². The van der Waals surface area contributed by atoms with Gasteiger partial charge in [-0.2, -0.15) is 0 Å². The third-order valence-corrected chi connectivity index (χ3v) is 7.29. The van der Waals surface area contributed by atoms with Gasteiger partial charge in [0.05, 0.1) is 0 Å². The highest BCUT2D eigenvalue weighted by molar-refractivity contribution is 7.46. The molecular weight excluding hydrogens is 557 g/mol. The molecule has 3 rings (SSSR count). The second-order valence-corrected chi connectivity index (χ2v) is 11.3. The number of rotatable bonds is 12. The molecule has 0 aliphatic carbocycles. The predicted molar refractivity (Wildman–Crippen MR) is 146 cm³/mol. The number of benzene rings is 1. The fraction of sp³-hybridized carbons (Fsp3) is 0.577. The van der Waals surface area contributed by atoms with E-state index < -0.39 is 43.7 Å². The Morgan fingerprint density at radius 3 is 2.46 bits per heavy atom. The van der Waals surface area contributed by atoms with Crippen LogP contribution in [0.5, 0.6) is 5.75 Å². The van der Waals surface area contributed by atoms with Crippen LogP contribution in [-0.2, 0) is 35.0 Å². The maximum absolute atomic E-state index is 13.7. The van der Waals surface area contributed by atoms with Crippen molar-refractivity contribution in [3.8, 4) is 5.75 Å². The average molecular weight is 596 g/mol. The minimum atomic E-state index is -4.74. The molecule has 0 aromatic heterocycles. The molecule has 5 amide bonds. The first-order chi connectivity index (χ1) is 19.4. The molecule has 2 aliphatic heterocycles. The molecule has 41 heavy (non-hydrogen) atoms. The quantitative estimate of drug-likeness (QED) is 0.169. The number of hydrogen-bond acceptors (Lipinski definition) is 7. The number of hydrogen-bond donors (Lipinski definition) is 5. The predicted octanol–water partition coefficient (Wildman–Crippen LogP) is 0.525. The number of fused-ring (bicyclic) bond motifs is 1. The topological polar surface area (TPSA) is 195 Å². The lowest BCUT2D eigenvalue weighted by Crippen LogP contribution is -2.64. The minimum absolute atomic E-state index is 0.0000747. The van der Waals surface area contributed by atoms with Crippen molar-refractivity contribution < 1.29 is 42.8 Å². The van der Waals surface area contributed by atoms with Gasteiger partial charge in [0.15, 0.2) is 0 Å². The van der Waals surface area contributed by atoms with E-state index in [9.17, 15) is 28.5 Å². The van der Waals surface area contributed by atoms with E-state index in [1.54, 1.807) is 0 Å². The van der Waals surface area contributed by atoms with E-state index in [-0.39, 0.29) is 36.8 Å². The molecule has 2 heterocycles. The Labute approximate surface area is 238 Å². The number of phosphoric ester groups is 1. The molecule has 1 aromatic carbocycles. The van der Waals surface area contributed by atoms with E-state index in [2.05, 4.69) is 20.5 Å². The van der Waals surface area contributed by atoms with Crippen LogP contribution >= 0.6 is 7.82 Å². The van der Waals surface area contributed by atoms with Crippen molar-refractivity contribution in [2.45, 2.75) is 83.3 Å².